The van der Waals surface area contributed by atoms with Gasteiger partial charge in [-0.1, -0.05) is 76.1 Å². The van der Waals surface area contributed by atoms with Gasteiger partial charge in [-0.05, 0) is 40.8 Å². The number of benzene rings is 2. The van der Waals surface area contributed by atoms with Crippen molar-refractivity contribution >= 4 is 13.3 Å². The molecule has 0 saturated heterocycles. The maximum Gasteiger partial charge on any atom is 1.00 e. The summed E-state index contributed by atoms with van der Waals surface area (Å²) in [7, 11) is -4.49. The largest absolute Gasteiger partial charge is 1.00 e. The Kier molecular flexibility index (Phi) is 14.3. The monoisotopic (exact) mass is 567 g/mol. The van der Waals surface area contributed by atoms with E-state index in [1.807, 2.05) is 58.0 Å². The van der Waals surface area contributed by atoms with Crippen LogP contribution in [0.25, 0.3) is 22.4 Å². The molecule has 0 radical (unpaired) electrons. The van der Waals surface area contributed by atoms with Crippen LogP contribution in [0.3, 0.4) is 0 Å². The second-order valence-electron chi connectivity index (χ2n) is 9.51. The molecule has 3 rings (SSSR count). The Morgan fingerprint density at radius 2 is 1.59 bits per heavy atom. The SMILES string of the molecule is CC(C)c1nc(-c2ccccc2)c(C(C)C)c(-c2ccc(F)cc2)c1C#CP(=O)([O-])C[C@H](O)CC(=O)[O-].[Na+].[Na+]. The maximum atomic E-state index is 13.8. The first-order valence-corrected chi connectivity index (χ1v) is 13.8. The summed E-state index contributed by atoms with van der Waals surface area (Å²) >= 11 is 0. The van der Waals surface area contributed by atoms with Gasteiger partial charge in [0.05, 0.1) is 30.4 Å². The first-order chi connectivity index (χ1) is 17.4. The number of aromatic nitrogens is 1. The fraction of sp³-hybridized carbons (Fsp3) is 0.310. The topological polar surface area (TPSA) is 113 Å². The summed E-state index contributed by atoms with van der Waals surface area (Å²) in [6.45, 7) is 7.84. The zero-order valence-electron chi connectivity index (χ0n) is 23.2. The molecule has 1 N–H and O–H groups in total. The van der Waals surface area contributed by atoms with E-state index in [2.05, 4.69) is 11.6 Å². The molecular formula is C29H29FNNa2O5P. The van der Waals surface area contributed by atoms with E-state index in [1.54, 1.807) is 12.1 Å². The number of aliphatic hydroxyl groups is 1. The summed E-state index contributed by atoms with van der Waals surface area (Å²) in [6, 6.07) is 15.5. The molecule has 0 aliphatic rings. The predicted molar refractivity (Wildman–Crippen MR) is 138 cm³/mol. The molecule has 0 bridgehead atoms. The third-order valence-corrected chi connectivity index (χ3v) is 7.13. The van der Waals surface area contributed by atoms with Gasteiger partial charge in [0.1, 0.15) is 5.82 Å². The number of nitrogens with zero attached hydrogens (tertiary/aromatic N) is 1. The Morgan fingerprint density at radius 3 is 2.10 bits per heavy atom. The summed E-state index contributed by atoms with van der Waals surface area (Å²) in [6.07, 6.45) is -3.26. The van der Waals surface area contributed by atoms with E-state index in [4.69, 9.17) is 4.98 Å². The molecule has 3 aromatic rings. The molecule has 2 atom stereocenters. The van der Waals surface area contributed by atoms with Crippen molar-refractivity contribution in [2.75, 3.05) is 6.16 Å². The van der Waals surface area contributed by atoms with Gasteiger partial charge in [0.25, 0.3) is 0 Å². The average molecular weight is 568 g/mol. The summed E-state index contributed by atoms with van der Waals surface area (Å²) < 4.78 is 26.5. The standard InChI is InChI=1S/C29H31FNO5P.2Na/c1-18(2)26-27(20-10-12-22(30)13-11-20)24(14-15-37(35,36)17-23(32)16-25(33)34)28(19(3)4)31-29(26)21-8-6-5-7-9-21;;/h5-13,18-19,23,32H,16-17H2,1-4H3,(H,33,34)(H,35,36);;/q;2*+1/p-2/t23-;;/m1../s1. The Morgan fingerprint density at radius 1 is 1.00 bits per heavy atom. The van der Waals surface area contributed by atoms with Crippen molar-refractivity contribution in [1.82, 2.24) is 4.98 Å². The number of carboxylic acids is 1. The fourth-order valence-electron chi connectivity index (χ4n) is 4.18. The smallest absolute Gasteiger partial charge is 0.790 e. The molecule has 1 unspecified atom stereocenters. The molecule has 1 aromatic heterocycles. The van der Waals surface area contributed by atoms with Crippen LogP contribution in [0, 0.1) is 17.4 Å². The van der Waals surface area contributed by atoms with E-state index in [-0.39, 0.29) is 71.0 Å². The van der Waals surface area contributed by atoms with E-state index in [9.17, 15) is 28.9 Å². The van der Waals surface area contributed by atoms with Crippen molar-refractivity contribution in [3.8, 4) is 34.0 Å². The van der Waals surface area contributed by atoms with Crippen molar-refractivity contribution in [3.63, 3.8) is 0 Å². The molecule has 2 aromatic carbocycles. The average Bonchev–Trinajstić information content (AvgIpc) is 2.81. The number of carboxylic acid groups (broad SMARTS) is 1. The van der Waals surface area contributed by atoms with E-state index >= 15 is 0 Å². The summed E-state index contributed by atoms with van der Waals surface area (Å²) in [5.74, 6) is 0.648. The summed E-state index contributed by atoms with van der Waals surface area (Å²) in [5.41, 5.74) is 7.04. The quantitative estimate of drug-likeness (QED) is 0.197. The van der Waals surface area contributed by atoms with Crippen LogP contribution in [0.15, 0.2) is 54.6 Å². The number of hydrogen-bond acceptors (Lipinski definition) is 6. The number of pyridine rings is 1. The van der Waals surface area contributed by atoms with Crippen molar-refractivity contribution < 1.29 is 88.0 Å². The summed E-state index contributed by atoms with van der Waals surface area (Å²) in [4.78, 5) is 28.4. The van der Waals surface area contributed by atoms with Gasteiger partial charge in [0.15, 0.2) is 0 Å². The molecule has 0 fully saturated rings. The van der Waals surface area contributed by atoms with Gasteiger partial charge < -0.3 is 24.5 Å². The van der Waals surface area contributed by atoms with Crippen LogP contribution >= 0.6 is 7.37 Å². The third-order valence-electron chi connectivity index (χ3n) is 5.77. The molecule has 194 valence electrons. The van der Waals surface area contributed by atoms with Crippen LogP contribution in [-0.2, 0) is 9.36 Å². The molecule has 0 saturated carbocycles. The molecule has 39 heavy (non-hydrogen) atoms. The predicted octanol–water partition coefficient (Wildman–Crippen LogP) is -1.74. The van der Waals surface area contributed by atoms with Gasteiger partial charge in [-0.25, -0.2) is 4.39 Å². The van der Waals surface area contributed by atoms with Crippen molar-refractivity contribution in [2.45, 2.75) is 52.1 Å². The molecular weight excluding hydrogens is 538 g/mol. The molecule has 6 nitrogen and oxygen atoms in total. The van der Waals surface area contributed by atoms with Crippen molar-refractivity contribution in [1.29, 1.82) is 0 Å². The minimum absolute atomic E-state index is 0. The minimum atomic E-state index is -4.49. The molecule has 0 aliphatic carbocycles. The van der Waals surface area contributed by atoms with Crippen LogP contribution in [0.4, 0.5) is 4.39 Å². The van der Waals surface area contributed by atoms with E-state index in [0.717, 1.165) is 16.8 Å². The van der Waals surface area contributed by atoms with Gasteiger partial charge >= 0.3 is 59.1 Å². The number of halogens is 1. The van der Waals surface area contributed by atoms with E-state index in [0.29, 0.717) is 22.4 Å². The van der Waals surface area contributed by atoms with Crippen molar-refractivity contribution in [2.24, 2.45) is 0 Å². The normalized spacial score (nSPS) is 12.9. The van der Waals surface area contributed by atoms with Crippen LogP contribution in [0.5, 0.6) is 0 Å². The van der Waals surface area contributed by atoms with Gasteiger partial charge in [-0.2, -0.15) is 0 Å². The summed E-state index contributed by atoms with van der Waals surface area (Å²) in [5, 5.41) is 20.6. The Labute approximate surface area is 273 Å². The van der Waals surface area contributed by atoms with Crippen LogP contribution in [-0.4, -0.2) is 28.3 Å². The third kappa shape index (κ3) is 9.64. The van der Waals surface area contributed by atoms with Crippen LogP contribution < -0.4 is 69.1 Å². The number of rotatable bonds is 8. The van der Waals surface area contributed by atoms with Crippen molar-refractivity contribution in [3.05, 3.63) is 77.2 Å². The number of carbonyl (C=O) groups excluding carboxylic acids is 1. The second-order valence-corrected chi connectivity index (χ2v) is 11.5. The second kappa shape index (κ2) is 15.6. The number of carbonyl (C=O) groups is 1. The Bertz CT molecular complexity index is 1390. The molecule has 1 heterocycles. The van der Waals surface area contributed by atoms with Gasteiger partial charge in [-0.3, -0.25) is 4.98 Å². The maximum absolute atomic E-state index is 13.8. The Balaban J connectivity index is 0.00000380. The number of aliphatic hydroxyl groups excluding tert-OH is 1. The van der Waals surface area contributed by atoms with Gasteiger partial charge in [0, 0.05) is 29.7 Å². The molecule has 0 amide bonds. The van der Waals surface area contributed by atoms with E-state index < -0.39 is 37.8 Å². The molecule has 0 spiro atoms. The van der Waals surface area contributed by atoms with E-state index in [1.165, 1.54) is 12.1 Å². The first-order valence-electron chi connectivity index (χ1n) is 12.0. The Hall–Kier alpha value is -1.30. The van der Waals surface area contributed by atoms with Crippen LogP contribution in [0.1, 0.15) is 62.8 Å². The first kappa shape index (κ1) is 35.7. The molecule has 0 aliphatic heterocycles. The zero-order chi connectivity index (χ0) is 27.3. The van der Waals surface area contributed by atoms with Gasteiger partial charge in [0.2, 0.25) is 0 Å². The zero-order valence-corrected chi connectivity index (χ0v) is 28.1. The van der Waals surface area contributed by atoms with Gasteiger partial charge in [-0.15, -0.1) is 0 Å². The number of hydrogen-bond donors (Lipinski definition) is 1. The van der Waals surface area contributed by atoms with Crippen LogP contribution in [0.2, 0.25) is 0 Å². The fourth-order valence-corrected chi connectivity index (χ4v) is 5.24. The minimum Gasteiger partial charge on any atom is -0.790 e. The molecule has 10 heteroatoms. The number of aliphatic carboxylic acids is 1.